The lowest BCUT2D eigenvalue weighted by Crippen LogP contribution is -2.39. The molecule has 9 heteroatoms. The summed E-state index contributed by atoms with van der Waals surface area (Å²) in [4.78, 5) is 37.5. The number of halogens is 1. The minimum atomic E-state index is -0.585. The van der Waals surface area contributed by atoms with Crippen LogP contribution in [0, 0.1) is 0 Å². The lowest BCUT2D eigenvalue weighted by atomic mass is 10.1. The van der Waals surface area contributed by atoms with E-state index in [4.69, 9.17) is 21.3 Å². The van der Waals surface area contributed by atoms with Crippen LogP contribution in [0.2, 0.25) is 5.02 Å². The van der Waals surface area contributed by atoms with Crippen LogP contribution >= 0.6 is 11.6 Å². The smallest absolute Gasteiger partial charge is 0.326 e. The van der Waals surface area contributed by atoms with Gasteiger partial charge in [0.1, 0.15) is 18.0 Å². The fourth-order valence-corrected chi connectivity index (χ4v) is 3.91. The normalized spacial score (nSPS) is 15.2. The molecule has 0 radical (unpaired) electrons. The predicted octanol–water partition coefficient (Wildman–Crippen LogP) is 3.45. The molecule has 0 atom stereocenters. The second-order valence-corrected chi connectivity index (χ2v) is 9.21. The number of imidazole rings is 1. The van der Waals surface area contributed by atoms with Crippen molar-refractivity contribution in [2.75, 3.05) is 31.1 Å². The first-order valence-corrected chi connectivity index (χ1v) is 10.9. The van der Waals surface area contributed by atoms with Crippen molar-refractivity contribution >= 4 is 40.2 Å². The highest BCUT2D eigenvalue weighted by Gasteiger charge is 2.26. The lowest BCUT2D eigenvalue weighted by Gasteiger charge is -2.25. The first-order valence-electron chi connectivity index (χ1n) is 10.5. The van der Waals surface area contributed by atoms with E-state index in [2.05, 4.69) is 9.88 Å². The van der Waals surface area contributed by atoms with Gasteiger partial charge in [-0.1, -0.05) is 11.6 Å². The number of ether oxygens (including phenoxy) is 1. The number of rotatable bonds is 4. The third kappa shape index (κ3) is 5.02. The zero-order valence-electron chi connectivity index (χ0n) is 18.4. The van der Waals surface area contributed by atoms with Gasteiger partial charge in [0.05, 0.1) is 17.5 Å². The Kier molecular flexibility index (Phi) is 6.06. The molecule has 4 rings (SSSR count). The number of esters is 1. The van der Waals surface area contributed by atoms with E-state index in [1.807, 2.05) is 55.8 Å². The molecule has 1 aliphatic heterocycles. The Morgan fingerprint density at radius 3 is 2.72 bits per heavy atom. The number of amides is 1. The van der Waals surface area contributed by atoms with Gasteiger partial charge >= 0.3 is 5.97 Å². The number of carbonyl (C=O) groups is 2. The van der Waals surface area contributed by atoms with Crippen molar-refractivity contribution in [3.8, 4) is 5.69 Å². The Morgan fingerprint density at radius 2 is 2.00 bits per heavy atom. The summed E-state index contributed by atoms with van der Waals surface area (Å²) in [5, 5.41) is 1.56. The molecule has 1 saturated heterocycles. The highest BCUT2D eigenvalue weighted by Crippen LogP contribution is 2.28. The van der Waals surface area contributed by atoms with Gasteiger partial charge in [-0.25, -0.2) is 9.97 Å². The molecule has 2 aromatic heterocycles. The number of carbonyl (C=O) groups excluding carboxylic acids is 2. The van der Waals surface area contributed by atoms with E-state index < -0.39 is 11.6 Å². The predicted molar refractivity (Wildman–Crippen MR) is 123 cm³/mol. The highest BCUT2D eigenvalue weighted by atomic mass is 35.5. The average molecular weight is 456 g/mol. The van der Waals surface area contributed by atoms with Gasteiger partial charge < -0.3 is 19.1 Å². The summed E-state index contributed by atoms with van der Waals surface area (Å²) < 4.78 is 7.31. The third-order valence-electron chi connectivity index (χ3n) is 5.17. The molecule has 0 spiro atoms. The van der Waals surface area contributed by atoms with Crippen molar-refractivity contribution in [3.05, 3.63) is 48.0 Å². The molecule has 1 aliphatic rings. The third-order valence-corrected chi connectivity index (χ3v) is 5.41. The molecule has 0 saturated carbocycles. The minimum Gasteiger partial charge on any atom is -0.459 e. The largest absolute Gasteiger partial charge is 0.459 e. The zero-order valence-corrected chi connectivity index (χ0v) is 19.2. The van der Waals surface area contributed by atoms with Crippen molar-refractivity contribution < 1.29 is 14.3 Å². The molecular formula is C23H26ClN5O3. The van der Waals surface area contributed by atoms with Gasteiger partial charge in [-0.05, 0) is 39.0 Å². The molecule has 168 valence electrons. The standard InChI is InChI=1S/C23H26ClN5O3/c1-23(2,3)32-22(31)14-28-11-10-27(8-6-21(28)30)20-13-19(29-9-7-25-15-29)17-5-4-16(24)12-18(17)26-20/h4-5,7,9,12-13,15H,6,8,10-11,14H2,1-3H3. The molecule has 3 heterocycles. The monoisotopic (exact) mass is 455 g/mol. The van der Waals surface area contributed by atoms with Gasteiger partial charge in [0.2, 0.25) is 5.91 Å². The number of fused-ring (bicyclic) bond motifs is 1. The number of anilines is 1. The molecule has 1 fully saturated rings. The summed E-state index contributed by atoms with van der Waals surface area (Å²) >= 11 is 6.22. The number of aromatic nitrogens is 3. The Hall–Kier alpha value is -3.13. The second kappa shape index (κ2) is 8.78. The summed E-state index contributed by atoms with van der Waals surface area (Å²) in [5.74, 6) is 0.271. The summed E-state index contributed by atoms with van der Waals surface area (Å²) in [6, 6.07) is 7.60. The van der Waals surface area contributed by atoms with Crippen LogP contribution in [0.15, 0.2) is 43.0 Å². The van der Waals surface area contributed by atoms with E-state index in [9.17, 15) is 9.59 Å². The number of hydrogen-bond donors (Lipinski definition) is 0. The van der Waals surface area contributed by atoms with Gasteiger partial charge in [-0.2, -0.15) is 0 Å². The van der Waals surface area contributed by atoms with Crippen molar-refractivity contribution in [3.63, 3.8) is 0 Å². The fraction of sp³-hybridized carbons (Fsp3) is 0.391. The lowest BCUT2D eigenvalue weighted by molar-refractivity contribution is -0.158. The van der Waals surface area contributed by atoms with Gasteiger partial charge in [0, 0.05) is 54.9 Å². The van der Waals surface area contributed by atoms with Crippen molar-refractivity contribution in [1.29, 1.82) is 0 Å². The first-order chi connectivity index (χ1) is 15.2. The molecule has 1 aromatic carbocycles. The topological polar surface area (TPSA) is 80.6 Å². The first kappa shape index (κ1) is 22.1. The SMILES string of the molecule is CC(C)(C)OC(=O)CN1CCN(c2cc(-n3ccnc3)c3ccc(Cl)cc3n2)CCC1=O. The molecule has 1 amide bonds. The number of benzene rings is 1. The number of nitrogens with zero attached hydrogens (tertiary/aromatic N) is 5. The Bertz CT molecular complexity index is 1140. The molecule has 0 bridgehead atoms. The van der Waals surface area contributed by atoms with Crippen molar-refractivity contribution in [2.45, 2.75) is 32.8 Å². The van der Waals surface area contributed by atoms with E-state index >= 15 is 0 Å². The summed E-state index contributed by atoms with van der Waals surface area (Å²) in [6.45, 7) is 6.85. The average Bonchev–Trinajstić information content (AvgIpc) is 3.18. The Balaban J connectivity index is 1.59. The molecule has 8 nitrogen and oxygen atoms in total. The van der Waals surface area contributed by atoms with E-state index in [-0.39, 0.29) is 12.5 Å². The van der Waals surface area contributed by atoms with Gasteiger partial charge in [-0.3, -0.25) is 9.59 Å². The fourth-order valence-electron chi connectivity index (χ4n) is 3.74. The Labute approximate surface area is 191 Å². The minimum absolute atomic E-state index is 0.0506. The molecule has 3 aromatic rings. The zero-order chi connectivity index (χ0) is 22.9. The molecule has 0 N–H and O–H groups in total. The molecular weight excluding hydrogens is 430 g/mol. The van der Waals surface area contributed by atoms with Crippen LogP contribution in [-0.2, 0) is 14.3 Å². The highest BCUT2D eigenvalue weighted by molar-refractivity contribution is 6.31. The summed E-state index contributed by atoms with van der Waals surface area (Å²) in [7, 11) is 0. The van der Waals surface area contributed by atoms with Crippen LogP contribution in [0.25, 0.3) is 16.6 Å². The van der Waals surface area contributed by atoms with Crippen LogP contribution in [0.4, 0.5) is 5.82 Å². The van der Waals surface area contributed by atoms with Crippen molar-refractivity contribution in [1.82, 2.24) is 19.4 Å². The van der Waals surface area contributed by atoms with Crippen LogP contribution in [0.5, 0.6) is 0 Å². The quantitative estimate of drug-likeness (QED) is 0.560. The van der Waals surface area contributed by atoms with Gasteiger partial charge in [0.25, 0.3) is 0 Å². The summed E-state index contributed by atoms with van der Waals surface area (Å²) in [6.07, 6.45) is 5.63. The van der Waals surface area contributed by atoms with E-state index in [1.165, 1.54) is 0 Å². The van der Waals surface area contributed by atoms with E-state index in [1.54, 1.807) is 17.4 Å². The van der Waals surface area contributed by atoms with Crippen LogP contribution in [0.1, 0.15) is 27.2 Å². The summed E-state index contributed by atoms with van der Waals surface area (Å²) in [5.41, 5.74) is 1.11. The number of hydrogen-bond acceptors (Lipinski definition) is 6. The maximum absolute atomic E-state index is 12.6. The van der Waals surface area contributed by atoms with Crippen LogP contribution in [0.3, 0.4) is 0 Å². The number of pyridine rings is 1. The van der Waals surface area contributed by atoms with Gasteiger partial charge in [0.15, 0.2) is 0 Å². The molecule has 0 unspecified atom stereocenters. The van der Waals surface area contributed by atoms with Crippen LogP contribution in [-0.4, -0.2) is 63.1 Å². The van der Waals surface area contributed by atoms with Crippen LogP contribution < -0.4 is 4.90 Å². The van der Waals surface area contributed by atoms with Crippen molar-refractivity contribution in [2.24, 2.45) is 0 Å². The second-order valence-electron chi connectivity index (χ2n) is 8.77. The van der Waals surface area contributed by atoms with E-state index in [0.29, 0.717) is 31.1 Å². The maximum Gasteiger partial charge on any atom is 0.326 e. The molecule has 32 heavy (non-hydrogen) atoms. The van der Waals surface area contributed by atoms with E-state index in [0.717, 1.165) is 22.4 Å². The molecule has 0 aliphatic carbocycles. The Morgan fingerprint density at radius 1 is 1.19 bits per heavy atom. The van der Waals surface area contributed by atoms with Gasteiger partial charge in [-0.15, -0.1) is 0 Å². The maximum atomic E-state index is 12.6.